The minimum atomic E-state index is 0.0148. The minimum absolute atomic E-state index is 0.0148. The first-order valence-electron chi connectivity index (χ1n) is 10.7. The van der Waals surface area contributed by atoms with Crippen molar-refractivity contribution < 1.29 is 9.21 Å². The van der Waals surface area contributed by atoms with Gasteiger partial charge in [0.25, 0.3) is 5.91 Å². The molecule has 2 aromatic carbocycles. The van der Waals surface area contributed by atoms with Crippen LogP contribution in [0.5, 0.6) is 0 Å². The summed E-state index contributed by atoms with van der Waals surface area (Å²) < 4.78 is 5.63. The normalized spacial score (nSPS) is 24.1. The van der Waals surface area contributed by atoms with Gasteiger partial charge in [-0.15, -0.1) is 0 Å². The summed E-state index contributed by atoms with van der Waals surface area (Å²) in [6, 6.07) is 20.9. The van der Waals surface area contributed by atoms with Crippen molar-refractivity contribution in [3.63, 3.8) is 0 Å². The lowest BCUT2D eigenvalue weighted by atomic mass is 9.69. The summed E-state index contributed by atoms with van der Waals surface area (Å²) in [6.45, 7) is 0.778. The third-order valence-corrected chi connectivity index (χ3v) is 6.67. The molecule has 0 bridgehead atoms. The minimum Gasteiger partial charge on any atom is -0.443 e. The van der Waals surface area contributed by atoms with Gasteiger partial charge in [0.2, 0.25) is 0 Å². The quantitative estimate of drug-likeness (QED) is 0.594. The Balaban J connectivity index is 1.44. The SMILES string of the molecule is O=C(c1ncoc1-c1ccccc1)N1CC[C@H](c2ccccc2)[C@H]2CCCC[C@H]21. The van der Waals surface area contributed by atoms with Crippen LogP contribution in [0.4, 0.5) is 0 Å². The molecule has 29 heavy (non-hydrogen) atoms. The molecular formula is C25H26N2O2. The van der Waals surface area contributed by atoms with Crippen LogP contribution in [0.15, 0.2) is 71.5 Å². The number of carbonyl (C=O) groups excluding carboxylic acids is 1. The summed E-state index contributed by atoms with van der Waals surface area (Å²) in [5.74, 6) is 1.65. The molecular weight excluding hydrogens is 360 g/mol. The number of oxazole rings is 1. The number of carbonyl (C=O) groups is 1. The van der Waals surface area contributed by atoms with Crippen molar-refractivity contribution in [1.82, 2.24) is 9.88 Å². The van der Waals surface area contributed by atoms with E-state index in [1.807, 2.05) is 30.3 Å². The van der Waals surface area contributed by atoms with Crippen LogP contribution in [-0.4, -0.2) is 28.4 Å². The van der Waals surface area contributed by atoms with Gasteiger partial charge in [-0.25, -0.2) is 4.98 Å². The number of fused-ring (bicyclic) bond motifs is 1. The smallest absolute Gasteiger partial charge is 0.276 e. The van der Waals surface area contributed by atoms with E-state index in [1.54, 1.807) is 0 Å². The maximum atomic E-state index is 13.6. The van der Waals surface area contributed by atoms with Crippen LogP contribution in [0.1, 0.15) is 54.1 Å². The maximum absolute atomic E-state index is 13.6. The second-order valence-corrected chi connectivity index (χ2v) is 8.22. The van der Waals surface area contributed by atoms with Crippen molar-refractivity contribution in [1.29, 1.82) is 0 Å². The van der Waals surface area contributed by atoms with Crippen molar-refractivity contribution in [2.45, 2.75) is 44.1 Å². The molecule has 1 saturated carbocycles. The molecule has 3 atom stereocenters. The predicted octanol–water partition coefficient (Wildman–Crippen LogP) is 5.53. The molecule has 3 aromatic rings. The van der Waals surface area contributed by atoms with Gasteiger partial charge in [-0.3, -0.25) is 4.79 Å². The van der Waals surface area contributed by atoms with Crippen molar-refractivity contribution in [2.75, 3.05) is 6.54 Å². The van der Waals surface area contributed by atoms with Gasteiger partial charge in [0.1, 0.15) is 0 Å². The van der Waals surface area contributed by atoms with E-state index >= 15 is 0 Å². The first kappa shape index (κ1) is 18.2. The van der Waals surface area contributed by atoms with Gasteiger partial charge in [0, 0.05) is 18.2 Å². The highest BCUT2D eigenvalue weighted by atomic mass is 16.3. The van der Waals surface area contributed by atoms with Gasteiger partial charge < -0.3 is 9.32 Å². The number of piperidine rings is 1. The van der Waals surface area contributed by atoms with Crippen molar-refractivity contribution in [2.24, 2.45) is 5.92 Å². The fourth-order valence-electron chi connectivity index (χ4n) is 5.35. The monoisotopic (exact) mass is 386 g/mol. The largest absolute Gasteiger partial charge is 0.443 e. The molecule has 1 saturated heterocycles. The van der Waals surface area contributed by atoms with Gasteiger partial charge in [-0.1, -0.05) is 73.5 Å². The molecule has 0 spiro atoms. The Labute approximate surface area is 171 Å². The number of likely N-dealkylation sites (tertiary alicyclic amines) is 1. The fraction of sp³-hybridized carbons (Fsp3) is 0.360. The van der Waals surface area contributed by atoms with E-state index in [4.69, 9.17) is 4.42 Å². The highest BCUT2D eigenvalue weighted by molar-refractivity contribution is 5.97. The third-order valence-electron chi connectivity index (χ3n) is 6.67. The molecule has 1 aliphatic carbocycles. The van der Waals surface area contributed by atoms with Crippen LogP contribution in [-0.2, 0) is 0 Å². The lowest BCUT2D eigenvalue weighted by molar-refractivity contribution is 0.0315. The van der Waals surface area contributed by atoms with Gasteiger partial charge >= 0.3 is 0 Å². The number of aromatic nitrogens is 1. The number of rotatable bonds is 3. The van der Waals surface area contributed by atoms with Crippen molar-refractivity contribution in [3.05, 3.63) is 78.3 Å². The van der Waals surface area contributed by atoms with Gasteiger partial charge in [0.05, 0.1) is 0 Å². The zero-order chi connectivity index (χ0) is 19.6. The highest BCUT2D eigenvalue weighted by Crippen LogP contribution is 2.44. The zero-order valence-electron chi connectivity index (χ0n) is 16.5. The van der Waals surface area contributed by atoms with E-state index in [1.165, 1.54) is 31.2 Å². The molecule has 0 radical (unpaired) electrons. The number of amides is 1. The maximum Gasteiger partial charge on any atom is 0.276 e. The van der Waals surface area contributed by atoms with Crippen LogP contribution in [0.25, 0.3) is 11.3 Å². The van der Waals surface area contributed by atoms with E-state index in [0.29, 0.717) is 23.3 Å². The fourth-order valence-corrected chi connectivity index (χ4v) is 5.35. The molecule has 4 heteroatoms. The van der Waals surface area contributed by atoms with Crippen LogP contribution in [0.3, 0.4) is 0 Å². The number of hydrogen-bond donors (Lipinski definition) is 0. The highest BCUT2D eigenvalue weighted by Gasteiger charge is 2.42. The van der Waals surface area contributed by atoms with E-state index in [2.05, 4.69) is 40.2 Å². The zero-order valence-corrected chi connectivity index (χ0v) is 16.5. The molecule has 0 N–H and O–H groups in total. The number of hydrogen-bond acceptors (Lipinski definition) is 3. The van der Waals surface area contributed by atoms with Gasteiger partial charge in [-0.05, 0) is 36.7 Å². The summed E-state index contributed by atoms with van der Waals surface area (Å²) in [5, 5.41) is 0. The number of benzene rings is 2. The Bertz CT molecular complexity index is 967. The van der Waals surface area contributed by atoms with E-state index in [0.717, 1.165) is 24.9 Å². The van der Waals surface area contributed by atoms with Crippen molar-refractivity contribution >= 4 is 5.91 Å². The van der Waals surface area contributed by atoms with Crippen LogP contribution >= 0.6 is 0 Å². The lowest BCUT2D eigenvalue weighted by Gasteiger charge is -2.48. The standard InChI is InChI=1S/C25H26N2O2/c28-25(23-24(29-17-26-23)19-11-5-2-6-12-19)27-16-15-20(18-9-3-1-4-10-18)21-13-7-8-14-22(21)27/h1-6,9-12,17,20-22H,7-8,13-16H2/t20-,21-,22-/m1/s1. The summed E-state index contributed by atoms with van der Waals surface area (Å²) >= 11 is 0. The van der Waals surface area contributed by atoms with E-state index in [9.17, 15) is 4.79 Å². The Morgan fingerprint density at radius 3 is 2.45 bits per heavy atom. The molecule has 2 fully saturated rings. The Morgan fingerprint density at radius 2 is 1.66 bits per heavy atom. The third kappa shape index (κ3) is 3.37. The van der Waals surface area contributed by atoms with Gasteiger partial charge in [0.15, 0.2) is 17.8 Å². The number of nitrogens with zero attached hydrogens (tertiary/aromatic N) is 2. The van der Waals surface area contributed by atoms with Crippen LogP contribution in [0, 0.1) is 5.92 Å². The molecule has 1 aliphatic heterocycles. The topological polar surface area (TPSA) is 46.3 Å². The summed E-state index contributed by atoms with van der Waals surface area (Å²) in [7, 11) is 0. The average Bonchev–Trinajstić information content (AvgIpc) is 3.29. The Kier molecular flexibility index (Phi) is 4.92. The second kappa shape index (κ2) is 7.86. The molecule has 2 aliphatic rings. The summed E-state index contributed by atoms with van der Waals surface area (Å²) in [5.41, 5.74) is 2.76. The molecule has 1 amide bonds. The van der Waals surface area contributed by atoms with Crippen LogP contribution < -0.4 is 0 Å². The summed E-state index contributed by atoms with van der Waals surface area (Å²) in [4.78, 5) is 20.0. The predicted molar refractivity (Wildman–Crippen MR) is 113 cm³/mol. The Morgan fingerprint density at radius 1 is 0.931 bits per heavy atom. The summed E-state index contributed by atoms with van der Waals surface area (Å²) in [6.07, 6.45) is 7.12. The molecule has 4 nitrogen and oxygen atoms in total. The van der Waals surface area contributed by atoms with E-state index in [-0.39, 0.29) is 11.9 Å². The molecule has 0 unspecified atom stereocenters. The Hall–Kier alpha value is -2.88. The van der Waals surface area contributed by atoms with Crippen molar-refractivity contribution in [3.8, 4) is 11.3 Å². The lowest BCUT2D eigenvalue weighted by Crippen LogP contribution is -2.52. The van der Waals surface area contributed by atoms with Crippen LogP contribution in [0.2, 0.25) is 0 Å². The first-order chi connectivity index (χ1) is 14.3. The molecule has 148 valence electrons. The molecule has 2 heterocycles. The molecule has 5 rings (SSSR count). The van der Waals surface area contributed by atoms with Gasteiger partial charge in [-0.2, -0.15) is 0 Å². The average molecular weight is 386 g/mol. The van der Waals surface area contributed by atoms with E-state index < -0.39 is 0 Å². The molecule has 1 aromatic heterocycles. The first-order valence-corrected chi connectivity index (χ1v) is 10.7. The second-order valence-electron chi connectivity index (χ2n) is 8.22.